The Kier molecular flexibility index (Phi) is 7.78. The Bertz CT molecular complexity index is 294. The summed E-state index contributed by atoms with van der Waals surface area (Å²) in [6, 6.07) is -0.0182. The molecule has 3 atom stereocenters. The van der Waals surface area contributed by atoms with Crippen LogP contribution in [0, 0.1) is 5.41 Å². The summed E-state index contributed by atoms with van der Waals surface area (Å²) >= 11 is 2.02. The zero-order chi connectivity index (χ0) is 13.9. The molecular formula is C14H29ClN2OS. The highest BCUT2D eigenvalue weighted by Crippen LogP contribution is 2.33. The van der Waals surface area contributed by atoms with E-state index >= 15 is 0 Å². The second kappa shape index (κ2) is 7.75. The number of halogens is 1. The van der Waals surface area contributed by atoms with Crippen LogP contribution in [0.1, 0.15) is 47.0 Å². The molecule has 114 valence electrons. The van der Waals surface area contributed by atoms with Gasteiger partial charge in [0.15, 0.2) is 0 Å². The first-order valence-corrected chi connectivity index (χ1v) is 7.96. The number of hydrogen-bond acceptors (Lipinski definition) is 3. The zero-order valence-electron chi connectivity index (χ0n) is 12.8. The average molecular weight is 309 g/mol. The highest BCUT2D eigenvalue weighted by molar-refractivity contribution is 7.99. The van der Waals surface area contributed by atoms with Gasteiger partial charge in [-0.15, -0.1) is 12.4 Å². The van der Waals surface area contributed by atoms with Crippen molar-refractivity contribution in [2.24, 2.45) is 11.1 Å². The molecule has 1 aliphatic rings. The van der Waals surface area contributed by atoms with Gasteiger partial charge in [-0.2, -0.15) is 11.8 Å². The van der Waals surface area contributed by atoms with E-state index in [9.17, 15) is 4.79 Å². The van der Waals surface area contributed by atoms with Crippen molar-refractivity contribution >= 4 is 30.1 Å². The number of nitrogens with zero attached hydrogens (tertiary/aromatic N) is 1. The van der Waals surface area contributed by atoms with E-state index in [-0.39, 0.29) is 23.7 Å². The molecule has 0 aromatic heterocycles. The summed E-state index contributed by atoms with van der Waals surface area (Å²) in [4.78, 5) is 14.2. The van der Waals surface area contributed by atoms with E-state index in [2.05, 4.69) is 6.92 Å². The van der Waals surface area contributed by atoms with Crippen LogP contribution in [0.3, 0.4) is 0 Å². The van der Waals surface area contributed by atoms with Gasteiger partial charge in [0.05, 0.1) is 6.04 Å². The first-order chi connectivity index (χ1) is 8.27. The zero-order valence-corrected chi connectivity index (χ0v) is 14.4. The molecule has 19 heavy (non-hydrogen) atoms. The second-order valence-corrected chi connectivity index (χ2v) is 7.91. The number of carbonyl (C=O) groups is 1. The number of amides is 1. The van der Waals surface area contributed by atoms with Crippen LogP contribution in [0.4, 0.5) is 0 Å². The van der Waals surface area contributed by atoms with Crippen LogP contribution in [-0.4, -0.2) is 40.9 Å². The van der Waals surface area contributed by atoms with Crippen LogP contribution in [0.5, 0.6) is 0 Å². The highest BCUT2D eigenvalue weighted by Gasteiger charge is 2.35. The molecule has 3 nitrogen and oxygen atoms in total. The molecular weight excluding hydrogens is 280 g/mol. The number of nitrogens with two attached hydrogens (primary N) is 1. The maximum Gasteiger partial charge on any atom is 0.240 e. The predicted octanol–water partition coefficient (Wildman–Crippen LogP) is 2.91. The van der Waals surface area contributed by atoms with Gasteiger partial charge in [-0.05, 0) is 30.4 Å². The Hall–Kier alpha value is 0.0700. The Morgan fingerprint density at radius 1 is 1.42 bits per heavy atom. The van der Waals surface area contributed by atoms with Crippen LogP contribution >= 0.6 is 24.2 Å². The third kappa shape index (κ3) is 5.16. The van der Waals surface area contributed by atoms with Gasteiger partial charge in [0.25, 0.3) is 0 Å². The molecule has 0 aromatic carbocycles. The normalized spacial score (nSPS) is 24.7. The Morgan fingerprint density at radius 3 is 2.47 bits per heavy atom. The fraction of sp³-hybridized carbons (Fsp3) is 0.929. The maximum absolute atomic E-state index is 12.3. The summed E-state index contributed by atoms with van der Waals surface area (Å²) in [5.74, 6) is 1.26. The SMILES string of the molecule is CCSC1CCC(N(C)C(=O)[C@@H](N)C(C)(C)C)C1.Cl. The summed E-state index contributed by atoms with van der Waals surface area (Å²) in [5, 5.41) is 0.723. The van der Waals surface area contributed by atoms with Crippen molar-refractivity contribution in [1.29, 1.82) is 0 Å². The quantitative estimate of drug-likeness (QED) is 0.868. The van der Waals surface area contributed by atoms with E-state index in [0.717, 1.165) is 23.8 Å². The summed E-state index contributed by atoms with van der Waals surface area (Å²) < 4.78 is 0. The van der Waals surface area contributed by atoms with Crippen LogP contribution in [0.25, 0.3) is 0 Å². The lowest BCUT2D eigenvalue weighted by Crippen LogP contribution is -2.51. The van der Waals surface area contributed by atoms with E-state index in [1.807, 2.05) is 44.5 Å². The third-order valence-corrected chi connectivity index (χ3v) is 5.09. The minimum Gasteiger partial charge on any atom is -0.341 e. The minimum absolute atomic E-state index is 0. The maximum atomic E-state index is 12.3. The van der Waals surface area contributed by atoms with Gasteiger partial charge < -0.3 is 10.6 Å². The molecule has 0 spiro atoms. The molecule has 1 fully saturated rings. The molecule has 0 heterocycles. The molecule has 0 aliphatic heterocycles. The van der Waals surface area contributed by atoms with Gasteiger partial charge in [0.2, 0.25) is 5.91 Å². The van der Waals surface area contributed by atoms with E-state index < -0.39 is 6.04 Å². The van der Waals surface area contributed by atoms with Gasteiger partial charge in [0.1, 0.15) is 0 Å². The molecule has 2 N–H and O–H groups in total. The standard InChI is InChI=1S/C14H28N2OS.ClH/c1-6-18-11-8-7-10(9-11)16(5)13(17)12(15)14(2,3)4;/h10-12H,6-9,15H2,1-5H3;1H/t10?,11?,12-;/m1./s1. The fourth-order valence-corrected chi connectivity index (χ4v) is 3.56. The molecule has 1 saturated carbocycles. The van der Waals surface area contributed by atoms with Crippen LogP contribution in [0.2, 0.25) is 0 Å². The number of likely N-dealkylation sites (N-methyl/N-ethyl adjacent to an activating group) is 1. The molecule has 1 aliphatic carbocycles. The summed E-state index contributed by atoms with van der Waals surface area (Å²) in [5.41, 5.74) is 5.89. The second-order valence-electron chi connectivity index (χ2n) is 6.34. The molecule has 0 bridgehead atoms. The molecule has 0 aromatic rings. The largest absolute Gasteiger partial charge is 0.341 e. The lowest BCUT2D eigenvalue weighted by atomic mass is 9.86. The first-order valence-electron chi connectivity index (χ1n) is 6.91. The van der Waals surface area contributed by atoms with Crippen LogP contribution in [-0.2, 0) is 4.79 Å². The van der Waals surface area contributed by atoms with Crippen molar-refractivity contribution in [1.82, 2.24) is 4.90 Å². The summed E-state index contributed by atoms with van der Waals surface area (Å²) in [6.45, 7) is 8.26. The van der Waals surface area contributed by atoms with Crippen LogP contribution < -0.4 is 5.73 Å². The number of hydrogen-bond donors (Lipinski definition) is 1. The van der Waals surface area contributed by atoms with E-state index in [0.29, 0.717) is 6.04 Å². The lowest BCUT2D eigenvalue weighted by molar-refractivity contribution is -0.135. The Balaban J connectivity index is 0.00000324. The molecule has 5 heteroatoms. The highest BCUT2D eigenvalue weighted by atomic mass is 35.5. The topological polar surface area (TPSA) is 46.3 Å². The van der Waals surface area contributed by atoms with Crippen molar-refractivity contribution < 1.29 is 4.79 Å². The first kappa shape index (κ1) is 19.1. The van der Waals surface area contributed by atoms with Crippen LogP contribution in [0.15, 0.2) is 0 Å². The van der Waals surface area contributed by atoms with Crippen molar-refractivity contribution in [2.75, 3.05) is 12.8 Å². The monoisotopic (exact) mass is 308 g/mol. The average Bonchev–Trinajstić information content (AvgIpc) is 2.74. The van der Waals surface area contributed by atoms with Gasteiger partial charge in [0, 0.05) is 18.3 Å². The number of thioether (sulfide) groups is 1. The molecule has 0 saturated heterocycles. The van der Waals surface area contributed by atoms with E-state index in [4.69, 9.17) is 5.73 Å². The lowest BCUT2D eigenvalue weighted by Gasteiger charge is -2.33. The van der Waals surface area contributed by atoms with Crippen molar-refractivity contribution in [2.45, 2.75) is 64.3 Å². The smallest absolute Gasteiger partial charge is 0.240 e. The number of carbonyl (C=O) groups excluding carboxylic acids is 1. The van der Waals surface area contributed by atoms with Crippen molar-refractivity contribution in [3.8, 4) is 0 Å². The predicted molar refractivity (Wildman–Crippen MR) is 87.0 cm³/mol. The van der Waals surface area contributed by atoms with Gasteiger partial charge in [-0.25, -0.2) is 0 Å². The van der Waals surface area contributed by atoms with Gasteiger partial charge >= 0.3 is 0 Å². The molecule has 1 rings (SSSR count). The molecule has 1 amide bonds. The minimum atomic E-state index is -0.402. The Labute approximate surface area is 128 Å². The summed E-state index contributed by atoms with van der Waals surface area (Å²) in [7, 11) is 1.91. The Morgan fingerprint density at radius 2 is 2.00 bits per heavy atom. The van der Waals surface area contributed by atoms with E-state index in [1.165, 1.54) is 6.42 Å². The molecule has 2 unspecified atom stereocenters. The fourth-order valence-electron chi connectivity index (χ4n) is 2.43. The van der Waals surface area contributed by atoms with Gasteiger partial charge in [-0.1, -0.05) is 27.7 Å². The molecule has 0 radical (unpaired) electrons. The van der Waals surface area contributed by atoms with Crippen molar-refractivity contribution in [3.63, 3.8) is 0 Å². The third-order valence-electron chi connectivity index (χ3n) is 3.85. The van der Waals surface area contributed by atoms with E-state index in [1.54, 1.807) is 0 Å². The van der Waals surface area contributed by atoms with Gasteiger partial charge in [-0.3, -0.25) is 4.79 Å². The number of rotatable bonds is 4. The van der Waals surface area contributed by atoms with Crippen molar-refractivity contribution in [3.05, 3.63) is 0 Å². The summed E-state index contributed by atoms with van der Waals surface area (Å²) in [6.07, 6.45) is 3.47.